The molecule has 0 atom stereocenters. The Labute approximate surface area is 99.5 Å². The molecule has 0 saturated carbocycles. The van der Waals surface area contributed by atoms with Gasteiger partial charge >= 0.3 is 0 Å². The Morgan fingerprint density at radius 1 is 1.47 bits per heavy atom. The van der Waals surface area contributed by atoms with Crippen LogP contribution in [-0.4, -0.2) is 15.5 Å². The summed E-state index contributed by atoms with van der Waals surface area (Å²) in [7, 11) is 0. The summed E-state index contributed by atoms with van der Waals surface area (Å²) in [6, 6.07) is 0. The molecule has 0 fully saturated rings. The van der Waals surface area contributed by atoms with Gasteiger partial charge in [-0.1, -0.05) is 20.8 Å². The topological polar surface area (TPSA) is 30.0 Å². The van der Waals surface area contributed by atoms with Gasteiger partial charge in [0.1, 0.15) is 5.01 Å². The zero-order valence-corrected chi connectivity index (χ0v) is 11.5. The number of ketones is 1. The summed E-state index contributed by atoms with van der Waals surface area (Å²) in [5.41, 5.74) is 0.872. The van der Waals surface area contributed by atoms with E-state index in [4.69, 9.17) is 0 Å². The largest absolute Gasteiger partial charge is 0.294 e. The van der Waals surface area contributed by atoms with E-state index < -0.39 is 0 Å². The molecule has 0 radical (unpaired) electrons. The van der Waals surface area contributed by atoms with Gasteiger partial charge < -0.3 is 0 Å². The molecule has 0 N–H and O–H groups in total. The number of thiazole rings is 1. The average Bonchev–Trinajstić information content (AvgIpc) is 2.42. The molecule has 0 aliphatic heterocycles. The fourth-order valence-corrected chi connectivity index (χ4v) is 2.91. The number of hydrogen-bond acceptors (Lipinski definition) is 4. The van der Waals surface area contributed by atoms with Crippen molar-refractivity contribution in [2.45, 2.75) is 45.1 Å². The summed E-state index contributed by atoms with van der Waals surface area (Å²) < 4.78 is 0.246. The van der Waals surface area contributed by atoms with E-state index in [1.54, 1.807) is 6.92 Å². The van der Waals surface area contributed by atoms with E-state index in [1.165, 1.54) is 11.3 Å². The van der Waals surface area contributed by atoms with Gasteiger partial charge in [-0.05, 0) is 6.92 Å². The first-order valence-corrected chi connectivity index (χ1v) is 6.71. The summed E-state index contributed by atoms with van der Waals surface area (Å²) in [5.74, 6) is 1.01. The number of rotatable bonds is 3. The first kappa shape index (κ1) is 12.7. The number of carbonyl (C=O) groups is 1. The Balaban J connectivity index is 2.72. The quantitative estimate of drug-likeness (QED) is 0.758. The summed E-state index contributed by atoms with van der Waals surface area (Å²) in [6.45, 7) is 10.1. The standard InChI is InChI=1S/C11H17NOS2/c1-7-10(8(2)13)15-9(12-7)6-14-11(3,4)5/h6H2,1-5H3. The van der Waals surface area contributed by atoms with Crippen LogP contribution in [0.5, 0.6) is 0 Å². The number of nitrogens with zero attached hydrogens (tertiary/aromatic N) is 1. The molecule has 15 heavy (non-hydrogen) atoms. The highest BCUT2D eigenvalue weighted by molar-refractivity contribution is 7.99. The van der Waals surface area contributed by atoms with Crippen molar-refractivity contribution in [2.24, 2.45) is 0 Å². The molecule has 0 spiro atoms. The minimum Gasteiger partial charge on any atom is -0.294 e. The zero-order chi connectivity index (χ0) is 11.6. The van der Waals surface area contributed by atoms with E-state index in [2.05, 4.69) is 25.8 Å². The molecule has 0 saturated heterocycles. The minimum atomic E-state index is 0.122. The van der Waals surface area contributed by atoms with E-state index in [0.29, 0.717) is 0 Å². The second-order valence-corrected chi connectivity index (χ2v) is 7.37. The van der Waals surface area contributed by atoms with Crippen LogP contribution in [0.15, 0.2) is 0 Å². The smallest absolute Gasteiger partial charge is 0.171 e. The molecule has 0 unspecified atom stereocenters. The number of carbonyl (C=O) groups excluding carboxylic acids is 1. The number of aryl methyl sites for hydroxylation is 1. The maximum atomic E-state index is 11.2. The van der Waals surface area contributed by atoms with Crippen molar-refractivity contribution < 1.29 is 4.79 Å². The summed E-state index contributed by atoms with van der Waals surface area (Å²) >= 11 is 3.38. The molecule has 1 aromatic rings. The van der Waals surface area contributed by atoms with Crippen LogP contribution in [0, 0.1) is 6.92 Å². The third-order valence-corrected chi connectivity index (χ3v) is 4.51. The maximum absolute atomic E-state index is 11.2. The highest BCUT2D eigenvalue weighted by atomic mass is 32.2. The molecule has 0 aliphatic carbocycles. The van der Waals surface area contributed by atoms with Gasteiger partial charge in [-0.15, -0.1) is 23.1 Å². The SMILES string of the molecule is CC(=O)c1sc(CSC(C)(C)C)nc1C. The molecule has 0 aromatic carbocycles. The maximum Gasteiger partial charge on any atom is 0.171 e. The van der Waals surface area contributed by atoms with Gasteiger partial charge in [0.15, 0.2) is 5.78 Å². The lowest BCUT2D eigenvalue weighted by Gasteiger charge is -2.16. The molecule has 1 heterocycles. The number of aromatic nitrogens is 1. The van der Waals surface area contributed by atoms with Gasteiger partial charge in [0.2, 0.25) is 0 Å². The Hall–Kier alpha value is -0.350. The minimum absolute atomic E-state index is 0.122. The predicted molar refractivity (Wildman–Crippen MR) is 67.9 cm³/mol. The Bertz CT molecular complexity index is 363. The summed E-state index contributed by atoms with van der Waals surface area (Å²) in [5, 5.41) is 1.05. The highest BCUT2D eigenvalue weighted by Gasteiger charge is 2.15. The highest BCUT2D eigenvalue weighted by Crippen LogP contribution is 2.29. The van der Waals surface area contributed by atoms with Gasteiger partial charge in [0.25, 0.3) is 0 Å². The first-order chi connectivity index (χ1) is 6.79. The molecule has 1 rings (SSSR count). The van der Waals surface area contributed by atoms with E-state index >= 15 is 0 Å². The molecule has 4 heteroatoms. The Morgan fingerprint density at radius 3 is 2.47 bits per heavy atom. The molecular formula is C11H17NOS2. The van der Waals surface area contributed by atoms with Crippen molar-refractivity contribution in [3.8, 4) is 0 Å². The summed E-state index contributed by atoms with van der Waals surface area (Å²) in [4.78, 5) is 16.5. The molecule has 0 aliphatic rings. The van der Waals surface area contributed by atoms with Crippen LogP contribution in [0.1, 0.15) is 48.1 Å². The van der Waals surface area contributed by atoms with Crippen molar-refractivity contribution in [3.63, 3.8) is 0 Å². The fourth-order valence-electron chi connectivity index (χ4n) is 1.12. The van der Waals surface area contributed by atoms with Crippen LogP contribution >= 0.6 is 23.1 Å². The lowest BCUT2D eigenvalue weighted by atomic mass is 10.3. The van der Waals surface area contributed by atoms with Crippen molar-refractivity contribution in [2.75, 3.05) is 0 Å². The lowest BCUT2D eigenvalue weighted by Crippen LogP contribution is -2.07. The van der Waals surface area contributed by atoms with Crippen molar-refractivity contribution in [1.29, 1.82) is 0 Å². The zero-order valence-electron chi connectivity index (χ0n) is 9.88. The van der Waals surface area contributed by atoms with Crippen molar-refractivity contribution in [1.82, 2.24) is 4.98 Å². The molecule has 0 amide bonds. The van der Waals surface area contributed by atoms with Crippen LogP contribution < -0.4 is 0 Å². The van der Waals surface area contributed by atoms with Crippen LogP contribution in [0.2, 0.25) is 0 Å². The third-order valence-electron chi connectivity index (χ3n) is 1.79. The van der Waals surface area contributed by atoms with Crippen LogP contribution in [-0.2, 0) is 5.75 Å². The molecule has 0 bridgehead atoms. The van der Waals surface area contributed by atoms with Gasteiger partial charge in [-0.3, -0.25) is 4.79 Å². The third kappa shape index (κ3) is 3.95. The lowest BCUT2D eigenvalue weighted by molar-refractivity contribution is 0.102. The fraction of sp³-hybridized carbons (Fsp3) is 0.636. The van der Waals surface area contributed by atoms with Gasteiger partial charge in [0.05, 0.1) is 10.6 Å². The van der Waals surface area contributed by atoms with Crippen LogP contribution in [0.4, 0.5) is 0 Å². The number of thioether (sulfide) groups is 1. The van der Waals surface area contributed by atoms with Crippen LogP contribution in [0.25, 0.3) is 0 Å². The van der Waals surface area contributed by atoms with E-state index in [0.717, 1.165) is 21.3 Å². The van der Waals surface area contributed by atoms with Crippen LogP contribution in [0.3, 0.4) is 0 Å². The monoisotopic (exact) mass is 243 g/mol. The Kier molecular flexibility index (Phi) is 3.95. The molecule has 1 aromatic heterocycles. The average molecular weight is 243 g/mol. The van der Waals surface area contributed by atoms with Gasteiger partial charge in [-0.2, -0.15) is 0 Å². The second kappa shape index (κ2) is 4.66. The predicted octanol–water partition coefficient (Wildman–Crippen LogP) is 3.69. The van der Waals surface area contributed by atoms with Gasteiger partial charge in [-0.25, -0.2) is 4.98 Å². The first-order valence-electron chi connectivity index (χ1n) is 4.91. The van der Waals surface area contributed by atoms with Crippen molar-refractivity contribution in [3.05, 3.63) is 15.6 Å². The molecular weight excluding hydrogens is 226 g/mol. The number of Topliss-reactive ketones (excluding diaryl/α,β-unsaturated/α-hetero) is 1. The second-order valence-electron chi connectivity index (χ2n) is 4.48. The van der Waals surface area contributed by atoms with E-state index in [1.807, 2.05) is 18.7 Å². The normalized spacial score (nSPS) is 11.8. The Morgan fingerprint density at radius 2 is 2.07 bits per heavy atom. The van der Waals surface area contributed by atoms with Crippen molar-refractivity contribution >= 4 is 28.9 Å². The number of hydrogen-bond donors (Lipinski definition) is 0. The van der Waals surface area contributed by atoms with E-state index in [-0.39, 0.29) is 10.5 Å². The molecule has 2 nitrogen and oxygen atoms in total. The van der Waals surface area contributed by atoms with Gasteiger partial charge in [0, 0.05) is 17.4 Å². The van der Waals surface area contributed by atoms with E-state index in [9.17, 15) is 4.79 Å². The summed E-state index contributed by atoms with van der Waals surface area (Å²) in [6.07, 6.45) is 0. The molecule has 84 valence electrons.